The van der Waals surface area contributed by atoms with Crippen molar-refractivity contribution in [3.63, 3.8) is 0 Å². The van der Waals surface area contributed by atoms with E-state index in [1.807, 2.05) is 27.7 Å². The third kappa shape index (κ3) is 19.4. The Bertz CT molecular complexity index is 5330. The van der Waals surface area contributed by atoms with Gasteiger partial charge in [0.05, 0.1) is 54.4 Å². The van der Waals surface area contributed by atoms with Crippen molar-refractivity contribution in [3.05, 3.63) is 159 Å². The molecular formula is C60H63Cl2N25O9S5. The van der Waals surface area contributed by atoms with Gasteiger partial charge in [-0.05, 0) is 92.8 Å². The summed E-state index contributed by atoms with van der Waals surface area (Å²) in [5.41, 5.74) is 10.6. The number of primary sulfonamides is 3. The number of ketones is 1. The maximum atomic E-state index is 12.7. The maximum absolute atomic E-state index is 12.7. The molecule has 0 saturated heterocycles. The Morgan fingerprint density at radius 3 is 1.74 bits per heavy atom. The van der Waals surface area contributed by atoms with E-state index in [2.05, 4.69) is 114 Å². The fraction of sp³-hybridized carbons (Fsp3) is 0.250. The number of H-pyrrole nitrogens is 2. The minimum Gasteiger partial charge on any atom is -0.364 e. The molecular weight excluding hydrogens is 1450 g/mol. The highest BCUT2D eigenvalue weighted by atomic mass is 35.5. The van der Waals surface area contributed by atoms with Crippen LogP contribution in [0.4, 0.5) is 39.3 Å². The van der Waals surface area contributed by atoms with Crippen LogP contribution < -0.4 is 26.2 Å². The molecule has 0 aliphatic carbocycles. The molecule has 1 aliphatic rings. The average Bonchev–Trinajstić information content (AvgIpc) is 1.57. The lowest BCUT2D eigenvalue weighted by Gasteiger charge is -2.16. The SMILES string of the molecule is CCSc1nnc(N=Nc2c(C(C)(C)C)[nH]n3nc(C)nc23)s1.Cc1ccc(N=NC2C(=O)N(c3ccccc3)N=C2C(N)=O)cc1S(N)(=O)=O.Cc1nc2c(N=Nc3cc(Cl)c(S(N)(=O)=O)cc3Cl)c(C(C)(C)C)[nH]n2n1.N#CC(N=Nc1ccc(S(N)(=O)=O)cc1)C(=O)c1ccccc1. The van der Waals surface area contributed by atoms with Crippen molar-refractivity contribution in [2.24, 2.45) is 67.2 Å². The van der Waals surface area contributed by atoms with Crippen LogP contribution in [0, 0.1) is 32.1 Å². The third-order valence-corrected chi connectivity index (χ3v) is 19.0. The number of nitrogens with one attached hydrogen (secondary N) is 2. The Hall–Kier alpha value is -10.2. The Balaban J connectivity index is 0.000000172. The summed E-state index contributed by atoms with van der Waals surface area (Å²) in [5.74, 6) is 0.241. The van der Waals surface area contributed by atoms with Crippen LogP contribution in [0.3, 0.4) is 0 Å². The largest absolute Gasteiger partial charge is 0.364 e. The molecule has 10 aromatic rings. The fourth-order valence-corrected chi connectivity index (χ4v) is 13.0. The lowest BCUT2D eigenvalue weighted by atomic mass is 9.91. The number of aromatic amines is 2. The minimum absolute atomic E-state index is 0.0497. The number of rotatable bonds is 17. The van der Waals surface area contributed by atoms with Crippen molar-refractivity contribution in [2.75, 3.05) is 10.8 Å². The van der Waals surface area contributed by atoms with E-state index >= 15 is 0 Å². The number of thioether (sulfide) groups is 1. The van der Waals surface area contributed by atoms with Crippen LogP contribution in [0.25, 0.3) is 11.3 Å². The summed E-state index contributed by atoms with van der Waals surface area (Å²) >= 11 is 15.2. The van der Waals surface area contributed by atoms with Crippen LogP contribution in [-0.2, 0) is 50.5 Å². The molecule has 2 amide bonds. The van der Waals surface area contributed by atoms with E-state index in [0.717, 1.165) is 32.6 Å². The molecule has 5 aromatic carbocycles. The lowest BCUT2D eigenvalue weighted by molar-refractivity contribution is -0.118. The summed E-state index contributed by atoms with van der Waals surface area (Å²) < 4.78 is 72.6. The van der Waals surface area contributed by atoms with Gasteiger partial charge in [0, 0.05) is 16.4 Å². The highest BCUT2D eigenvalue weighted by molar-refractivity contribution is 8.01. The number of azo groups is 4. The molecule has 0 radical (unpaired) electrons. The molecule has 101 heavy (non-hydrogen) atoms. The number of nitrogens with zero attached hydrogens (tertiary/aromatic N) is 19. The van der Waals surface area contributed by atoms with Gasteiger partial charge >= 0.3 is 0 Å². The number of hydrazone groups is 1. The van der Waals surface area contributed by atoms with Gasteiger partial charge in [-0.15, -0.1) is 40.9 Å². The van der Waals surface area contributed by atoms with E-state index in [9.17, 15) is 39.6 Å². The molecule has 0 fully saturated rings. The molecule has 2 unspecified atom stereocenters. The summed E-state index contributed by atoms with van der Waals surface area (Å²) in [4.78, 5) is 44.8. The monoisotopic (exact) mass is 1510 g/mol. The number of sulfonamides is 3. The standard InChI is InChI=1S/C17H16N6O4S.C15H17Cl2N7O2S.C15H12N4O3S.C13H18N8S2/c1-10-7-8-11(9-13(10)28(19,26)27)20-21-15-14(16(18)24)22-23(17(15)25)12-5-3-2-4-6-12;1-7-19-14-12(13(15(2,3)4)23-24(14)22-7)21-20-10-5-9(17)11(6-8(10)16)27(18,25)26;16-10-14(15(20)11-4-2-1-3-5-11)19-18-12-6-8-13(9-7-12)23(17,21)22;1-6-22-12-18-17-11(23-12)16-15-8-9(13(3,4)5)20-21-10(8)14-7(2)19-21/h2-9,15H,1H3,(H2,18,24)(H2,19,26,27);5-6,23H,1-4H3,(H2,18,25,26);1-9,14H,(H2,17,21,22);20H,6H2,1-5H3. The Labute approximate surface area is 595 Å². The van der Waals surface area contributed by atoms with E-state index < -0.39 is 59.8 Å². The molecule has 10 N–H and O–H groups in total. The number of amides is 2. The number of carbonyl (C=O) groups is 3. The molecule has 0 spiro atoms. The molecule has 0 saturated carbocycles. The number of Topliss-reactive ketones (excluding diaryl/α,β-unsaturated/α-hetero) is 1. The number of aromatic nitrogens is 10. The number of fused-ring (bicyclic) bond motifs is 2. The summed E-state index contributed by atoms with van der Waals surface area (Å²) in [7, 11) is -11.7. The molecule has 5 aromatic heterocycles. The predicted octanol–water partition coefficient (Wildman–Crippen LogP) is 11.3. The summed E-state index contributed by atoms with van der Waals surface area (Å²) in [5, 5.41) is 85.2. The second-order valence-electron chi connectivity index (χ2n) is 23.4. The average molecular weight is 1510 g/mol. The van der Waals surface area contributed by atoms with Crippen LogP contribution >= 0.6 is 46.3 Å². The lowest BCUT2D eigenvalue weighted by Crippen LogP contribution is -2.35. The highest BCUT2D eigenvalue weighted by Crippen LogP contribution is 2.39. The van der Waals surface area contributed by atoms with E-state index in [4.69, 9.17) is 49.6 Å². The summed E-state index contributed by atoms with van der Waals surface area (Å²) in [6.07, 6.45) is 0. The van der Waals surface area contributed by atoms with E-state index in [0.29, 0.717) is 62.0 Å². The van der Waals surface area contributed by atoms with Gasteiger partial charge in [0.1, 0.15) is 22.2 Å². The number of nitriles is 1. The smallest absolute Gasteiger partial charge is 0.280 e. The van der Waals surface area contributed by atoms with Gasteiger partial charge in [-0.25, -0.2) is 50.6 Å². The van der Waals surface area contributed by atoms with Crippen molar-refractivity contribution in [1.29, 1.82) is 5.26 Å². The number of hydrogen-bond acceptors (Lipinski definition) is 27. The van der Waals surface area contributed by atoms with Crippen molar-refractivity contribution < 1.29 is 39.6 Å². The predicted molar refractivity (Wildman–Crippen MR) is 378 cm³/mol. The molecule has 1 aliphatic heterocycles. The maximum Gasteiger partial charge on any atom is 0.280 e. The number of anilines is 1. The number of para-hydroxylation sites is 1. The summed E-state index contributed by atoms with van der Waals surface area (Å²) in [6, 6.07) is 27.9. The molecule has 11 rings (SSSR count). The number of halogens is 2. The first-order chi connectivity index (χ1) is 47.3. The fourth-order valence-electron chi connectivity index (χ4n) is 8.80. The number of carbonyl (C=O) groups excluding carboxylic acids is 3. The van der Waals surface area contributed by atoms with Crippen LogP contribution in [-0.4, -0.2) is 116 Å². The Morgan fingerprint density at radius 1 is 0.683 bits per heavy atom. The molecule has 41 heteroatoms. The number of primary amides is 1. The minimum atomic E-state index is -4.00. The number of benzene rings is 5. The van der Waals surface area contributed by atoms with Gasteiger partial charge < -0.3 is 5.73 Å². The first-order valence-electron chi connectivity index (χ1n) is 29.4. The second kappa shape index (κ2) is 31.6. The molecule has 6 heterocycles. The Morgan fingerprint density at radius 2 is 1.23 bits per heavy atom. The first-order valence-corrected chi connectivity index (χ1v) is 36.6. The summed E-state index contributed by atoms with van der Waals surface area (Å²) in [6.45, 7) is 19.6. The third-order valence-electron chi connectivity index (χ3n) is 13.5. The molecule has 34 nitrogen and oxygen atoms in total. The normalized spacial score (nSPS) is 14.1. The van der Waals surface area contributed by atoms with Gasteiger partial charge in [-0.2, -0.15) is 45.1 Å². The van der Waals surface area contributed by atoms with E-state index in [1.54, 1.807) is 97.0 Å². The van der Waals surface area contributed by atoms with Crippen LogP contribution in [0.2, 0.25) is 10.0 Å². The van der Waals surface area contributed by atoms with Gasteiger partial charge in [-0.3, -0.25) is 24.6 Å². The number of nitrogens with two attached hydrogens (primary N) is 4. The van der Waals surface area contributed by atoms with Crippen molar-refractivity contribution >= 4 is 150 Å². The van der Waals surface area contributed by atoms with Gasteiger partial charge in [-0.1, -0.05) is 149 Å². The number of aryl methyl sites for hydroxylation is 3. The van der Waals surface area contributed by atoms with Crippen molar-refractivity contribution in [2.45, 2.75) is 111 Å². The van der Waals surface area contributed by atoms with E-state index in [-0.39, 0.29) is 52.6 Å². The zero-order valence-electron chi connectivity index (χ0n) is 55.1. The van der Waals surface area contributed by atoms with E-state index in [1.165, 1.54) is 64.5 Å². The molecule has 0 bridgehead atoms. The van der Waals surface area contributed by atoms with Crippen LogP contribution in [0.15, 0.2) is 180 Å². The van der Waals surface area contributed by atoms with Crippen LogP contribution in [0.5, 0.6) is 0 Å². The van der Waals surface area contributed by atoms with Gasteiger partial charge in [0.2, 0.25) is 59.2 Å². The Kier molecular flexibility index (Phi) is 24.0. The molecule has 2 atom stereocenters. The topological polar surface area (TPSA) is 514 Å². The first kappa shape index (κ1) is 76.6. The highest BCUT2D eigenvalue weighted by Gasteiger charge is 2.40. The van der Waals surface area contributed by atoms with Crippen LogP contribution in [0.1, 0.15) is 87.4 Å². The number of hydrogen-bond donors (Lipinski definition) is 6. The van der Waals surface area contributed by atoms with Gasteiger partial charge in [0.15, 0.2) is 21.4 Å². The second-order valence-corrected chi connectivity index (χ2v) is 31.3. The zero-order chi connectivity index (χ0) is 74.1. The van der Waals surface area contributed by atoms with Crippen molar-refractivity contribution in [1.82, 2.24) is 49.8 Å². The molecule has 526 valence electrons. The zero-order valence-corrected chi connectivity index (χ0v) is 60.7. The quantitative estimate of drug-likeness (QED) is 0.0280. The van der Waals surface area contributed by atoms with Crippen molar-refractivity contribution in [3.8, 4) is 6.07 Å². The van der Waals surface area contributed by atoms with Gasteiger partial charge in [0.25, 0.3) is 16.9 Å².